The fourth-order valence-corrected chi connectivity index (χ4v) is 8.97. The van der Waals surface area contributed by atoms with Gasteiger partial charge in [-0.25, -0.2) is 9.80 Å². The van der Waals surface area contributed by atoms with Gasteiger partial charge in [0.25, 0.3) is 0 Å². The highest BCUT2D eigenvalue weighted by Gasteiger charge is 2.39. The van der Waals surface area contributed by atoms with Crippen molar-refractivity contribution in [2.45, 2.75) is 64.3 Å². The Morgan fingerprint density at radius 2 is 1.78 bits per heavy atom. The van der Waals surface area contributed by atoms with Crippen LogP contribution in [0.5, 0.6) is 0 Å². The summed E-state index contributed by atoms with van der Waals surface area (Å²) >= 11 is 4.27. The summed E-state index contributed by atoms with van der Waals surface area (Å²) in [6.45, 7) is 12.5. The Bertz CT molecular complexity index is 1830. The summed E-state index contributed by atoms with van der Waals surface area (Å²) in [5.74, 6) is 6.49. The quantitative estimate of drug-likeness (QED) is 0.0823. The number of esters is 1. The van der Waals surface area contributed by atoms with Gasteiger partial charge in [0, 0.05) is 52.7 Å². The molecular formula is C39H44N2O4S3Si. The van der Waals surface area contributed by atoms with Crippen LogP contribution in [0.25, 0.3) is 11.1 Å². The van der Waals surface area contributed by atoms with E-state index in [1.165, 1.54) is 41.3 Å². The first-order valence-electron chi connectivity index (χ1n) is 16.4. The summed E-state index contributed by atoms with van der Waals surface area (Å²) in [6, 6.07) is 22.6. The monoisotopic (exact) mass is 728 g/mol. The molecule has 4 aromatic rings. The van der Waals surface area contributed by atoms with Crippen molar-refractivity contribution >= 4 is 54.0 Å². The molecule has 1 atom stereocenters. The fourth-order valence-electron chi connectivity index (χ4n) is 5.24. The van der Waals surface area contributed by atoms with Gasteiger partial charge >= 0.3 is 11.2 Å². The Morgan fingerprint density at radius 1 is 0.980 bits per heavy atom. The van der Waals surface area contributed by atoms with E-state index < -0.39 is 8.32 Å². The van der Waals surface area contributed by atoms with Crippen LogP contribution in [0.2, 0.25) is 18.1 Å². The molecule has 2 aromatic carbocycles. The molecule has 0 saturated heterocycles. The molecule has 2 aromatic heterocycles. The van der Waals surface area contributed by atoms with Gasteiger partial charge in [0.1, 0.15) is 4.88 Å². The number of hydrogen-bond donors (Lipinski definition) is 0. The molecule has 0 saturated carbocycles. The second-order valence-corrected chi connectivity index (χ2v) is 21.0. The maximum absolute atomic E-state index is 13.1. The Morgan fingerprint density at radius 3 is 2.53 bits per heavy atom. The van der Waals surface area contributed by atoms with Crippen LogP contribution < -0.4 is 0 Å². The largest absolute Gasteiger partial charge is 0.465 e. The normalized spacial score (nSPS) is 14.0. The number of hydrogen-bond acceptors (Lipinski definition) is 8. The predicted molar refractivity (Wildman–Crippen MR) is 207 cm³/mol. The Hall–Kier alpha value is -3.59. The number of nitrogens with zero attached hydrogens (tertiary/aromatic N) is 2. The molecular weight excluding hydrogens is 685 g/mol. The van der Waals surface area contributed by atoms with E-state index in [0.717, 1.165) is 34.4 Å². The lowest BCUT2D eigenvalue weighted by molar-refractivity contribution is 0.0567. The van der Waals surface area contributed by atoms with Crippen molar-refractivity contribution in [2.75, 3.05) is 20.2 Å². The minimum absolute atomic E-state index is 0.0126. The van der Waals surface area contributed by atoms with Crippen LogP contribution in [0.3, 0.4) is 0 Å². The van der Waals surface area contributed by atoms with Crippen molar-refractivity contribution < 1.29 is 18.8 Å². The summed E-state index contributed by atoms with van der Waals surface area (Å²) in [4.78, 5) is 26.6. The Balaban J connectivity index is 1.30. The van der Waals surface area contributed by atoms with Gasteiger partial charge in [-0.15, -0.1) is 11.3 Å². The third kappa shape index (κ3) is 9.77. The molecule has 1 amide bonds. The van der Waals surface area contributed by atoms with E-state index in [4.69, 9.17) is 9.16 Å². The summed E-state index contributed by atoms with van der Waals surface area (Å²) in [7, 11) is -0.712. The molecule has 6 nitrogen and oxygen atoms in total. The van der Waals surface area contributed by atoms with E-state index in [1.54, 1.807) is 22.4 Å². The number of benzene rings is 2. The molecule has 0 aliphatic carbocycles. The molecule has 5 rings (SSSR count). The van der Waals surface area contributed by atoms with Gasteiger partial charge < -0.3 is 9.16 Å². The molecule has 256 valence electrons. The average molecular weight is 729 g/mol. The molecule has 0 spiro atoms. The molecule has 49 heavy (non-hydrogen) atoms. The molecule has 10 heteroatoms. The van der Waals surface area contributed by atoms with Crippen LogP contribution in [-0.2, 0) is 22.0 Å². The Kier molecular flexibility index (Phi) is 12.3. The zero-order valence-electron chi connectivity index (χ0n) is 29.0. The van der Waals surface area contributed by atoms with E-state index in [0.29, 0.717) is 24.4 Å². The summed E-state index contributed by atoms with van der Waals surface area (Å²) in [5, 5.41) is 9.99. The van der Waals surface area contributed by atoms with Crippen LogP contribution in [0, 0.1) is 11.8 Å². The average Bonchev–Trinajstić information content (AvgIpc) is 3.76. The summed E-state index contributed by atoms with van der Waals surface area (Å²) in [6.07, 6.45) is 4.09. The minimum Gasteiger partial charge on any atom is -0.465 e. The maximum atomic E-state index is 13.1. The number of methoxy groups -OCH3 is 1. The molecule has 3 heterocycles. The highest BCUT2D eigenvalue weighted by molar-refractivity contribution is 8.16. The third-order valence-electron chi connectivity index (χ3n) is 8.97. The smallest absolute Gasteiger partial charge is 0.348 e. The maximum Gasteiger partial charge on any atom is 0.348 e. The van der Waals surface area contributed by atoms with E-state index in [2.05, 4.69) is 105 Å². The standard InChI is InChI=1S/C39H44N2O4S3Si/c1-39(2,3)49(5,6)45-33(19-21-40-23-24-47-38(43)41(40)22-20-34-17-18-36(48-34)37(42)44-4)26-30-12-10-11-29(25-30)15-16-32-27-46-28-35(32)31-13-8-7-9-14-31/h7-14,17-18,23-25,27-28,33H,19-22,26H2,1-6H3. The van der Waals surface area contributed by atoms with Crippen LogP contribution in [0.4, 0.5) is 4.79 Å². The van der Waals surface area contributed by atoms with E-state index in [-0.39, 0.29) is 22.4 Å². The lowest BCUT2D eigenvalue weighted by atomic mass is 10.0. The van der Waals surface area contributed by atoms with E-state index >= 15 is 0 Å². The zero-order valence-corrected chi connectivity index (χ0v) is 32.5. The van der Waals surface area contributed by atoms with Crippen molar-refractivity contribution in [3.05, 3.63) is 116 Å². The minimum atomic E-state index is -2.10. The van der Waals surface area contributed by atoms with Gasteiger partial charge in [-0.1, -0.05) is 75.1 Å². The van der Waals surface area contributed by atoms with Crippen LogP contribution in [-0.4, -0.2) is 55.8 Å². The number of carbonyl (C=O) groups is 2. The first-order chi connectivity index (χ1) is 23.4. The second-order valence-electron chi connectivity index (χ2n) is 13.5. The van der Waals surface area contributed by atoms with Gasteiger partial charge in [0.2, 0.25) is 0 Å². The number of rotatable bonds is 12. The fraction of sp³-hybridized carbons (Fsp3) is 0.333. The van der Waals surface area contributed by atoms with Gasteiger partial charge in [0.15, 0.2) is 8.32 Å². The van der Waals surface area contributed by atoms with Crippen molar-refractivity contribution in [1.82, 2.24) is 10.0 Å². The SMILES string of the molecule is COC(=O)c1ccc(CCN2C(=O)SC=CN2CCC(Cc2cccc(C#Cc3cscc3-c3ccccc3)c2)O[Si](C)(C)C(C)(C)C)s1. The van der Waals surface area contributed by atoms with Crippen LogP contribution >= 0.6 is 34.4 Å². The van der Waals surface area contributed by atoms with Crippen molar-refractivity contribution in [3.8, 4) is 23.0 Å². The highest BCUT2D eigenvalue weighted by Crippen LogP contribution is 2.38. The molecule has 1 aliphatic heterocycles. The second kappa shape index (κ2) is 16.4. The number of thiophene rings is 2. The van der Waals surface area contributed by atoms with Crippen LogP contribution in [0.15, 0.2) is 89.1 Å². The first-order valence-corrected chi connectivity index (χ1v) is 22.0. The molecule has 0 N–H and O–H groups in total. The molecule has 0 bridgehead atoms. The van der Waals surface area contributed by atoms with Crippen molar-refractivity contribution in [3.63, 3.8) is 0 Å². The Labute approximate surface area is 304 Å². The number of thioether (sulfide) groups is 1. The van der Waals surface area contributed by atoms with E-state index in [1.807, 2.05) is 28.7 Å². The molecule has 1 unspecified atom stereocenters. The van der Waals surface area contributed by atoms with Crippen molar-refractivity contribution in [2.24, 2.45) is 0 Å². The summed E-state index contributed by atoms with van der Waals surface area (Å²) in [5.41, 5.74) is 5.53. The van der Waals surface area contributed by atoms with Crippen molar-refractivity contribution in [1.29, 1.82) is 0 Å². The van der Waals surface area contributed by atoms with Gasteiger partial charge in [-0.3, -0.25) is 9.80 Å². The molecule has 0 fully saturated rings. The lowest BCUT2D eigenvalue weighted by Crippen LogP contribution is -2.47. The first kappa shape index (κ1) is 36.7. The number of carbonyl (C=O) groups excluding carboxylic acids is 2. The van der Waals surface area contributed by atoms with Crippen LogP contribution in [0.1, 0.15) is 58.4 Å². The van der Waals surface area contributed by atoms with E-state index in [9.17, 15) is 9.59 Å². The highest BCUT2D eigenvalue weighted by atomic mass is 32.2. The number of ether oxygens (including phenoxy) is 1. The number of amides is 1. The van der Waals surface area contributed by atoms with Gasteiger partial charge in [-0.2, -0.15) is 11.3 Å². The lowest BCUT2D eigenvalue weighted by Gasteiger charge is -2.41. The van der Waals surface area contributed by atoms with Gasteiger partial charge in [0.05, 0.1) is 13.2 Å². The summed E-state index contributed by atoms with van der Waals surface area (Å²) < 4.78 is 11.9. The zero-order chi connectivity index (χ0) is 35.0. The topological polar surface area (TPSA) is 59.1 Å². The third-order valence-corrected chi connectivity index (χ3v) is 16.0. The van der Waals surface area contributed by atoms with Gasteiger partial charge in [-0.05, 0) is 88.9 Å². The molecule has 1 aliphatic rings. The predicted octanol–water partition coefficient (Wildman–Crippen LogP) is 10.1. The number of hydrazine groups is 1. The molecule has 0 radical (unpaired) electrons.